The molecule has 150 valence electrons. The van der Waals surface area contributed by atoms with Crippen LogP contribution < -0.4 is 5.56 Å². The first-order valence-corrected chi connectivity index (χ1v) is 11.2. The maximum atomic E-state index is 12.9. The van der Waals surface area contributed by atoms with E-state index in [-0.39, 0.29) is 16.4 Å². The van der Waals surface area contributed by atoms with Gasteiger partial charge in [-0.3, -0.25) is 4.79 Å². The first-order chi connectivity index (χ1) is 13.8. The largest absolute Gasteiger partial charge is 0.461 e. The molecular weight excluding hydrogens is 460 g/mol. The summed E-state index contributed by atoms with van der Waals surface area (Å²) in [5, 5.41) is 0. The third-order valence-electron chi connectivity index (χ3n) is 4.81. The van der Waals surface area contributed by atoms with Crippen molar-refractivity contribution < 1.29 is 17.9 Å². The average molecular weight is 477 g/mol. The van der Waals surface area contributed by atoms with Gasteiger partial charge in [0.15, 0.2) is 0 Å². The second kappa shape index (κ2) is 7.31. The lowest BCUT2D eigenvalue weighted by Gasteiger charge is -2.21. The minimum atomic E-state index is -3.94. The summed E-state index contributed by atoms with van der Waals surface area (Å²) in [6, 6.07) is 11.0. The topological polar surface area (TPSA) is 98.2 Å². The maximum Gasteiger partial charge on any atom is 0.356 e. The summed E-state index contributed by atoms with van der Waals surface area (Å²) in [6.07, 6.45) is 0.462. The monoisotopic (exact) mass is 476 g/mol. The summed E-state index contributed by atoms with van der Waals surface area (Å²) in [7, 11) is -3.94. The molecule has 0 saturated carbocycles. The van der Waals surface area contributed by atoms with Crippen molar-refractivity contribution in [1.82, 2.24) is 9.55 Å². The lowest BCUT2D eigenvalue weighted by atomic mass is 10.0. The molecule has 0 spiro atoms. The lowest BCUT2D eigenvalue weighted by molar-refractivity contribution is 0.0512. The van der Waals surface area contributed by atoms with Crippen LogP contribution in [0, 0.1) is 0 Å². The number of sulfone groups is 1. The number of pyridine rings is 1. The molecule has 0 fully saturated rings. The highest BCUT2D eigenvalue weighted by molar-refractivity contribution is 9.10. The Labute approximate surface area is 175 Å². The zero-order chi connectivity index (χ0) is 20.8. The Balaban J connectivity index is 1.85. The summed E-state index contributed by atoms with van der Waals surface area (Å²) in [5.41, 5.74) is 1.50. The molecule has 1 aliphatic heterocycles. The van der Waals surface area contributed by atoms with E-state index in [2.05, 4.69) is 20.9 Å². The number of aryl methyl sites for hydroxylation is 1. The van der Waals surface area contributed by atoms with Crippen LogP contribution in [0.25, 0.3) is 11.4 Å². The molecule has 0 radical (unpaired) electrons. The van der Waals surface area contributed by atoms with Crippen molar-refractivity contribution in [3.05, 3.63) is 68.5 Å². The van der Waals surface area contributed by atoms with Gasteiger partial charge in [0, 0.05) is 6.54 Å². The smallest absolute Gasteiger partial charge is 0.356 e. The van der Waals surface area contributed by atoms with Crippen LogP contribution in [0.2, 0.25) is 0 Å². The first kappa shape index (κ1) is 19.7. The van der Waals surface area contributed by atoms with Crippen molar-refractivity contribution in [2.24, 2.45) is 0 Å². The molecule has 2 aromatic heterocycles. The van der Waals surface area contributed by atoms with Gasteiger partial charge in [0.2, 0.25) is 9.84 Å². The van der Waals surface area contributed by atoms with Gasteiger partial charge in [-0.15, -0.1) is 0 Å². The Morgan fingerprint density at radius 2 is 1.97 bits per heavy atom. The molecule has 7 nitrogen and oxygen atoms in total. The van der Waals surface area contributed by atoms with Gasteiger partial charge in [0.1, 0.15) is 10.6 Å². The number of esters is 1. The van der Waals surface area contributed by atoms with Crippen LogP contribution >= 0.6 is 15.9 Å². The number of nitrogens with zero attached hydrogens (tertiary/aromatic N) is 1. The van der Waals surface area contributed by atoms with E-state index in [4.69, 9.17) is 4.74 Å². The summed E-state index contributed by atoms with van der Waals surface area (Å²) >= 11 is 3.39. The molecule has 9 heteroatoms. The summed E-state index contributed by atoms with van der Waals surface area (Å²) < 4.78 is 33.3. The minimum absolute atomic E-state index is 0.0666. The normalized spacial score (nSPS) is 12.9. The van der Waals surface area contributed by atoms with Gasteiger partial charge in [-0.1, -0.05) is 18.2 Å². The molecule has 29 heavy (non-hydrogen) atoms. The van der Waals surface area contributed by atoms with Gasteiger partial charge in [-0.25, -0.2) is 13.2 Å². The molecule has 0 bridgehead atoms. The molecule has 0 amide bonds. The van der Waals surface area contributed by atoms with E-state index in [0.29, 0.717) is 40.1 Å². The zero-order valence-electron chi connectivity index (χ0n) is 15.4. The van der Waals surface area contributed by atoms with Gasteiger partial charge >= 0.3 is 5.97 Å². The standard InChI is InChI=1S/C20H17BrN2O5S/c1-2-28-20(25)18-14(21)11-15-17-12(8-9-23(15)18)10-16(19(24)22-17)29(26,27)13-6-4-3-5-7-13/h3-7,10-11H,2,8-9H2,1H3,(H,22,24). The van der Waals surface area contributed by atoms with E-state index < -0.39 is 21.4 Å². The van der Waals surface area contributed by atoms with Gasteiger partial charge in [-0.05, 0) is 59.1 Å². The number of aromatic nitrogens is 2. The fourth-order valence-electron chi connectivity index (χ4n) is 3.50. The highest BCUT2D eigenvalue weighted by atomic mass is 79.9. The zero-order valence-corrected chi connectivity index (χ0v) is 17.8. The summed E-state index contributed by atoms with van der Waals surface area (Å²) in [4.78, 5) is 27.5. The van der Waals surface area contributed by atoms with Crippen molar-refractivity contribution in [2.45, 2.75) is 29.7 Å². The molecule has 4 rings (SSSR count). The molecule has 3 heterocycles. The predicted octanol–water partition coefficient (Wildman–Crippen LogP) is 3.17. The van der Waals surface area contributed by atoms with Crippen LogP contribution in [0.5, 0.6) is 0 Å². The van der Waals surface area contributed by atoms with Crippen LogP contribution in [-0.2, 0) is 27.5 Å². The number of H-pyrrole nitrogens is 1. The number of carbonyl (C=O) groups excluding carboxylic acids is 1. The number of ether oxygens (including phenoxy) is 1. The molecule has 0 unspecified atom stereocenters. The maximum absolute atomic E-state index is 12.9. The van der Waals surface area contributed by atoms with E-state index in [1.165, 1.54) is 18.2 Å². The third-order valence-corrected chi connectivity index (χ3v) is 7.19. The second-order valence-electron chi connectivity index (χ2n) is 6.53. The summed E-state index contributed by atoms with van der Waals surface area (Å²) in [6.45, 7) is 2.44. The van der Waals surface area contributed by atoms with E-state index in [0.717, 1.165) is 0 Å². The van der Waals surface area contributed by atoms with Crippen LogP contribution in [0.3, 0.4) is 0 Å². The molecule has 1 aromatic carbocycles. The quantitative estimate of drug-likeness (QED) is 0.583. The van der Waals surface area contributed by atoms with Crippen LogP contribution in [0.4, 0.5) is 0 Å². The van der Waals surface area contributed by atoms with Gasteiger partial charge in [0.25, 0.3) is 5.56 Å². The van der Waals surface area contributed by atoms with E-state index >= 15 is 0 Å². The van der Waals surface area contributed by atoms with Crippen molar-refractivity contribution >= 4 is 31.7 Å². The minimum Gasteiger partial charge on any atom is -0.461 e. The number of carbonyl (C=O) groups is 1. The van der Waals surface area contributed by atoms with E-state index in [1.54, 1.807) is 35.8 Å². The number of halogens is 1. The average Bonchev–Trinajstić information content (AvgIpc) is 3.04. The molecule has 1 N–H and O–H groups in total. The van der Waals surface area contributed by atoms with Gasteiger partial charge in [-0.2, -0.15) is 0 Å². The van der Waals surface area contributed by atoms with Crippen molar-refractivity contribution in [3.63, 3.8) is 0 Å². The van der Waals surface area contributed by atoms with Gasteiger partial charge in [0.05, 0.1) is 27.4 Å². The number of fused-ring (bicyclic) bond motifs is 3. The Kier molecular flexibility index (Phi) is 4.95. The van der Waals surface area contributed by atoms with Crippen molar-refractivity contribution in [2.75, 3.05) is 6.61 Å². The number of hydrogen-bond donors (Lipinski definition) is 1. The van der Waals surface area contributed by atoms with Crippen LogP contribution in [0.15, 0.2) is 61.5 Å². The Hall–Kier alpha value is -2.65. The van der Waals surface area contributed by atoms with Crippen molar-refractivity contribution in [3.8, 4) is 11.4 Å². The SMILES string of the molecule is CCOC(=O)c1c(Br)cc2n1CCc1cc(S(=O)(=O)c3ccccc3)c(=O)[nH]c1-2. The number of aromatic amines is 1. The van der Waals surface area contributed by atoms with E-state index in [9.17, 15) is 18.0 Å². The third kappa shape index (κ3) is 3.24. The molecule has 0 atom stereocenters. The van der Waals surface area contributed by atoms with Crippen LogP contribution in [0.1, 0.15) is 23.0 Å². The molecular formula is C20H17BrN2O5S. The summed E-state index contributed by atoms with van der Waals surface area (Å²) in [5.74, 6) is -0.459. The Morgan fingerprint density at radius 3 is 2.66 bits per heavy atom. The molecule has 0 saturated heterocycles. The highest BCUT2D eigenvalue weighted by Crippen LogP contribution is 2.35. The predicted molar refractivity (Wildman–Crippen MR) is 110 cm³/mol. The number of rotatable bonds is 4. The number of hydrogen-bond acceptors (Lipinski definition) is 5. The molecule has 1 aliphatic rings. The second-order valence-corrected chi connectivity index (χ2v) is 9.30. The lowest BCUT2D eigenvalue weighted by Crippen LogP contribution is -2.24. The van der Waals surface area contributed by atoms with Crippen molar-refractivity contribution in [1.29, 1.82) is 0 Å². The highest BCUT2D eigenvalue weighted by Gasteiger charge is 2.29. The molecule has 3 aromatic rings. The Morgan fingerprint density at radius 1 is 1.24 bits per heavy atom. The van der Waals surface area contributed by atoms with Gasteiger partial charge < -0.3 is 14.3 Å². The fraction of sp³-hybridized carbons (Fsp3) is 0.200. The van der Waals surface area contributed by atoms with Crippen LogP contribution in [-0.4, -0.2) is 30.5 Å². The number of nitrogens with one attached hydrogen (secondary N) is 1. The Bertz CT molecular complexity index is 1280. The first-order valence-electron chi connectivity index (χ1n) is 8.97. The van der Waals surface area contributed by atoms with E-state index in [1.807, 2.05) is 0 Å². The fourth-order valence-corrected chi connectivity index (χ4v) is 5.45. The molecule has 0 aliphatic carbocycles. The number of benzene rings is 1.